The van der Waals surface area contributed by atoms with Gasteiger partial charge >= 0.3 is 0 Å². The zero-order chi connectivity index (χ0) is 38.0. The number of benzene rings is 2. The van der Waals surface area contributed by atoms with Crippen molar-refractivity contribution in [3.63, 3.8) is 0 Å². The van der Waals surface area contributed by atoms with Gasteiger partial charge in [-0.2, -0.15) is 5.10 Å². The van der Waals surface area contributed by atoms with Crippen LogP contribution in [0.5, 0.6) is 5.75 Å². The molecule has 0 aliphatic rings. The Bertz CT molecular complexity index is 2190. The van der Waals surface area contributed by atoms with Crippen LogP contribution in [0.25, 0.3) is 33.5 Å². The summed E-state index contributed by atoms with van der Waals surface area (Å²) in [6, 6.07) is 7.16. The zero-order valence-corrected chi connectivity index (χ0v) is 32.9. The van der Waals surface area contributed by atoms with Crippen LogP contribution in [0.15, 0.2) is 53.8 Å². The van der Waals surface area contributed by atoms with Crippen molar-refractivity contribution in [2.24, 2.45) is 0 Å². The molecule has 52 heavy (non-hydrogen) atoms. The Balaban J connectivity index is 1.57. The summed E-state index contributed by atoms with van der Waals surface area (Å²) in [4.78, 5) is 7.38. The fourth-order valence-corrected chi connectivity index (χ4v) is 7.92. The van der Waals surface area contributed by atoms with Gasteiger partial charge in [-0.3, -0.25) is 4.72 Å². The Morgan fingerprint density at radius 2 is 1.54 bits per heavy atom. The minimum absolute atomic E-state index is 0.114. The molecule has 5 aromatic rings. The van der Waals surface area contributed by atoms with Crippen LogP contribution in [0.3, 0.4) is 0 Å². The van der Waals surface area contributed by atoms with Crippen molar-refractivity contribution in [2.75, 3.05) is 25.0 Å². The number of halogens is 4. The molecular formula is C34H42F4N6O5SSi2. The summed E-state index contributed by atoms with van der Waals surface area (Å²) in [5, 5.41) is 4.94. The number of rotatable bonds is 16. The van der Waals surface area contributed by atoms with Crippen LogP contribution < -0.4 is 9.46 Å². The van der Waals surface area contributed by atoms with Crippen molar-refractivity contribution in [3.8, 4) is 28.4 Å². The molecule has 0 atom stereocenters. The molecule has 5 rings (SSSR count). The van der Waals surface area contributed by atoms with E-state index in [1.54, 1.807) is 17.0 Å². The van der Waals surface area contributed by atoms with Crippen molar-refractivity contribution in [1.82, 2.24) is 24.3 Å². The van der Waals surface area contributed by atoms with Gasteiger partial charge in [0.15, 0.2) is 29.1 Å². The van der Waals surface area contributed by atoms with Crippen molar-refractivity contribution >= 4 is 42.9 Å². The second kappa shape index (κ2) is 15.5. The molecule has 11 nitrogen and oxygen atoms in total. The maximum absolute atomic E-state index is 16.8. The molecule has 0 amide bonds. The molecule has 1 N–H and O–H groups in total. The maximum Gasteiger partial charge on any atom is 0.266 e. The minimum Gasteiger partial charge on any atom is -0.495 e. The molecule has 0 aliphatic carbocycles. The van der Waals surface area contributed by atoms with E-state index in [0.29, 0.717) is 42.4 Å². The van der Waals surface area contributed by atoms with E-state index < -0.39 is 71.3 Å². The van der Waals surface area contributed by atoms with E-state index in [2.05, 4.69) is 54.3 Å². The van der Waals surface area contributed by atoms with E-state index in [-0.39, 0.29) is 24.7 Å². The molecule has 0 aliphatic heterocycles. The molecule has 0 saturated carbocycles. The first-order valence-corrected chi connectivity index (χ1v) is 25.4. The van der Waals surface area contributed by atoms with Crippen LogP contribution in [0.2, 0.25) is 51.4 Å². The van der Waals surface area contributed by atoms with Gasteiger partial charge in [-0.15, -0.1) is 0 Å². The lowest BCUT2D eigenvalue weighted by Crippen LogP contribution is -2.22. The highest BCUT2D eigenvalue weighted by molar-refractivity contribution is 7.92. The highest BCUT2D eigenvalue weighted by Gasteiger charge is 2.29. The third-order valence-electron chi connectivity index (χ3n) is 8.10. The van der Waals surface area contributed by atoms with Crippen molar-refractivity contribution in [3.05, 3.63) is 72.2 Å². The molecule has 18 heteroatoms. The van der Waals surface area contributed by atoms with Gasteiger partial charge in [-0.1, -0.05) is 45.3 Å². The van der Waals surface area contributed by atoms with E-state index in [1.165, 1.54) is 23.9 Å². The Morgan fingerprint density at radius 3 is 2.19 bits per heavy atom. The summed E-state index contributed by atoms with van der Waals surface area (Å²) in [6.07, 6.45) is 3.85. The highest BCUT2D eigenvalue weighted by atomic mass is 32.2. The van der Waals surface area contributed by atoms with E-state index in [4.69, 9.17) is 14.2 Å². The predicted molar refractivity (Wildman–Crippen MR) is 196 cm³/mol. The largest absolute Gasteiger partial charge is 0.495 e. The van der Waals surface area contributed by atoms with Crippen molar-refractivity contribution < 1.29 is 40.2 Å². The molecule has 0 spiro atoms. The van der Waals surface area contributed by atoms with Crippen molar-refractivity contribution in [2.45, 2.75) is 69.7 Å². The number of nitrogens with zero attached hydrogens (tertiary/aromatic N) is 5. The summed E-state index contributed by atoms with van der Waals surface area (Å²) in [5.74, 6) is -5.49. The second-order valence-corrected chi connectivity index (χ2v) is 27.5. The van der Waals surface area contributed by atoms with E-state index in [1.807, 2.05) is 4.72 Å². The van der Waals surface area contributed by atoms with Crippen LogP contribution in [0.1, 0.15) is 0 Å². The lowest BCUT2D eigenvalue weighted by Gasteiger charge is -2.16. The van der Waals surface area contributed by atoms with Gasteiger partial charge in [0.2, 0.25) is 0 Å². The number of pyridine rings is 1. The number of aromatic nitrogens is 5. The molecule has 3 aromatic heterocycles. The number of fused-ring (bicyclic) bond motifs is 1. The molecule has 0 radical (unpaired) electrons. The second-order valence-electron chi connectivity index (χ2n) is 14.6. The number of ether oxygens (including phenoxy) is 3. The Hall–Kier alpha value is -4.11. The average Bonchev–Trinajstić information content (AvgIpc) is 3.67. The summed E-state index contributed by atoms with van der Waals surface area (Å²) >= 11 is 0. The normalized spacial score (nSPS) is 12.5. The summed E-state index contributed by atoms with van der Waals surface area (Å²) in [5.41, 5.74) is -1.23. The van der Waals surface area contributed by atoms with Gasteiger partial charge in [-0.25, -0.2) is 40.6 Å². The number of methoxy groups -OCH3 is 1. The van der Waals surface area contributed by atoms with Crippen LogP contribution in [0.4, 0.5) is 23.4 Å². The topological polar surface area (TPSA) is 122 Å². The SMILES string of the molecule is COc1ccc(F)cc1S(=O)(=O)Nc1ncc(F)c(-c2ccc3c(-c4nccn4COCC[Si](C)(C)C)nn(COCC[Si](C)(C)C)c3c2F)c1F. The smallest absolute Gasteiger partial charge is 0.266 e. The predicted octanol–water partition coefficient (Wildman–Crippen LogP) is 7.95. The molecule has 0 saturated heterocycles. The number of hydrogen-bond donors (Lipinski definition) is 1. The van der Waals surface area contributed by atoms with E-state index >= 15 is 13.2 Å². The first-order valence-electron chi connectivity index (χ1n) is 16.5. The summed E-state index contributed by atoms with van der Waals surface area (Å²) in [6.45, 7) is 14.3. The van der Waals surface area contributed by atoms with Crippen LogP contribution >= 0.6 is 0 Å². The lowest BCUT2D eigenvalue weighted by atomic mass is 10.0. The first-order chi connectivity index (χ1) is 24.4. The Morgan fingerprint density at radius 1 is 0.865 bits per heavy atom. The van der Waals surface area contributed by atoms with Gasteiger partial charge < -0.3 is 18.8 Å². The first kappa shape index (κ1) is 39.1. The molecule has 0 fully saturated rings. The molecule has 0 unspecified atom stereocenters. The fourth-order valence-electron chi connectivity index (χ4n) is 5.21. The molecule has 280 valence electrons. The monoisotopic (exact) mass is 778 g/mol. The van der Waals surface area contributed by atoms with Gasteiger partial charge in [0.05, 0.1) is 18.9 Å². The highest BCUT2D eigenvalue weighted by Crippen LogP contribution is 2.38. The standard InChI is InChI=1S/C34H42F4N6O5SSi2/c1-47-26-11-8-22(35)18-27(26)50(45,46)42-33-30(38)28(25(36)19-40-33)23-9-10-24-31(34-39-12-13-43(34)20-48-14-16-51(2,3)4)41-44(32(24)29(23)37)21-49-15-17-52(5,6)7/h8-13,18-19H,14-17,20-21H2,1-7H3,(H,40,42). The van der Waals surface area contributed by atoms with Crippen LogP contribution in [0, 0.1) is 23.3 Å². The number of imidazole rings is 1. The van der Waals surface area contributed by atoms with Gasteiger partial charge in [0.1, 0.15) is 41.1 Å². The molecule has 3 heterocycles. The van der Waals surface area contributed by atoms with E-state index in [9.17, 15) is 12.8 Å². The van der Waals surface area contributed by atoms with Crippen LogP contribution in [-0.2, 0) is 33.0 Å². The summed E-state index contributed by atoms with van der Waals surface area (Å²) < 4.78 is 110. The third-order valence-corrected chi connectivity index (χ3v) is 12.9. The van der Waals surface area contributed by atoms with E-state index in [0.717, 1.165) is 24.2 Å². The number of sulfonamides is 1. The lowest BCUT2D eigenvalue weighted by molar-refractivity contribution is 0.0812. The molecule has 0 bridgehead atoms. The number of anilines is 1. The molecular weight excluding hydrogens is 737 g/mol. The summed E-state index contributed by atoms with van der Waals surface area (Å²) in [7, 11) is -6.34. The van der Waals surface area contributed by atoms with Gasteiger partial charge in [-0.05, 0) is 36.4 Å². The average molecular weight is 779 g/mol. The Labute approximate surface area is 302 Å². The minimum atomic E-state index is -4.71. The maximum atomic E-state index is 16.8. The fraction of sp³-hybridized carbons (Fsp3) is 0.382. The van der Waals surface area contributed by atoms with Crippen molar-refractivity contribution in [1.29, 1.82) is 0 Å². The van der Waals surface area contributed by atoms with Gasteiger partial charge in [0, 0.05) is 52.7 Å². The third kappa shape index (κ3) is 8.91. The van der Waals surface area contributed by atoms with Gasteiger partial charge in [0.25, 0.3) is 10.0 Å². The van der Waals surface area contributed by atoms with Crippen LogP contribution in [-0.4, -0.2) is 69.2 Å². The zero-order valence-electron chi connectivity index (χ0n) is 30.1. The quantitative estimate of drug-likeness (QED) is 0.0609. The number of hydrogen-bond acceptors (Lipinski definition) is 8. The number of nitrogens with one attached hydrogen (secondary N) is 1. The molecule has 2 aromatic carbocycles. The Kier molecular flexibility index (Phi) is 11.6.